The fraction of sp³-hybridized carbons (Fsp3) is 1.00. The van der Waals surface area contributed by atoms with Gasteiger partial charge in [-0.25, -0.2) is 0 Å². The molecule has 0 bridgehead atoms. The van der Waals surface area contributed by atoms with Crippen molar-refractivity contribution < 1.29 is 20.1 Å². The molecule has 5 heteroatoms. The fourth-order valence-electron chi connectivity index (χ4n) is 1.09. The number of hydrogen-bond acceptors (Lipinski definition) is 4. The quantitative estimate of drug-likeness (QED) is 0.346. The minimum Gasteiger partial charge on any atom is -0.394 e. The molecule has 58 valence electrons. The second-order valence-corrected chi connectivity index (χ2v) is 2.54. The average Bonchev–Trinajstić information content (AvgIpc) is 2.17. The Bertz CT molecular complexity index is 120. The van der Waals surface area contributed by atoms with Gasteiger partial charge in [0.15, 0.2) is 0 Å². The summed E-state index contributed by atoms with van der Waals surface area (Å²) in [5, 5.41) is 26.8. The van der Waals surface area contributed by atoms with Crippen LogP contribution in [0.2, 0.25) is 0 Å². The highest BCUT2D eigenvalue weighted by Gasteiger charge is 2.39. The maximum absolute atomic E-state index is 9.09. The van der Waals surface area contributed by atoms with Crippen LogP contribution in [-0.4, -0.2) is 54.1 Å². The minimum atomic E-state index is -0.944. The Kier molecular flexibility index (Phi) is 2.30. The molecule has 3 N–H and O–H groups in total. The second-order valence-electron chi connectivity index (χ2n) is 2.54. The summed E-state index contributed by atoms with van der Waals surface area (Å²) in [6.07, 6.45) is -2.43. The van der Waals surface area contributed by atoms with Gasteiger partial charge in [-0.3, -0.25) is 0 Å². The lowest BCUT2D eigenvalue weighted by Gasteiger charge is -2.10. The second kappa shape index (κ2) is 2.88. The topological polar surface area (TPSA) is 69.9 Å². The van der Waals surface area contributed by atoms with Crippen LogP contribution in [0.1, 0.15) is 0 Å². The molecule has 0 amide bonds. The predicted octanol–water partition coefficient (Wildman–Crippen LogP) is -2.94. The molecule has 0 spiro atoms. The van der Waals surface area contributed by atoms with Gasteiger partial charge in [0.05, 0.1) is 12.6 Å². The van der Waals surface area contributed by atoms with Crippen molar-refractivity contribution in [3.05, 3.63) is 0 Å². The van der Waals surface area contributed by atoms with Crippen LogP contribution in [0.15, 0.2) is 0 Å². The molecule has 0 saturated carbocycles. The highest BCUT2D eigenvalue weighted by Crippen LogP contribution is 2.18. The standard InChI is InChI=1S/C5H11BO4/c6-5-4(9)3(8)2(1-7)10-5/h2-5,7-9H,1,6H2/t2-,3+,4-,5-/m1/s1. The number of aliphatic hydroxyl groups is 3. The number of aliphatic hydroxyl groups excluding tert-OH is 3. The van der Waals surface area contributed by atoms with Crippen molar-refractivity contribution in [2.45, 2.75) is 24.3 Å². The molecule has 0 aromatic carbocycles. The Morgan fingerprint density at radius 1 is 1.30 bits per heavy atom. The van der Waals surface area contributed by atoms with Crippen LogP contribution in [0.5, 0.6) is 0 Å². The Hall–Kier alpha value is -0.0951. The van der Waals surface area contributed by atoms with Crippen LogP contribution in [0, 0.1) is 0 Å². The van der Waals surface area contributed by atoms with Gasteiger partial charge in [-0.15, -0.1) is 0 Å². The van der Waals surface area contributed by atoms with E-state index in [1.165, 1.54) is 0 Å². The SMILES string of the molecule is B[C@@H]1O[C@H](CO)[C@H](O)[C@H]1O. The average molecular weight is 146 g/mol. The molecule has 0 unspecified atom stereocenters. The molecule has 0 aromatic heterocycles. The first-order valence-electron chi connectivity index (χ1n) is 3.29. The van der Waals surface area contributed by atoms with Crippen LogP contribution in [0.4, 0.5) is 0 Å². The van der Waals surface area contributed by atoms with E-state index in [4.69, 9.17) is 20.1 Å². The van der Waals surface area contributed by atoms with Crippen LogP contribution in [0.3, 0.4) is 0 Å². The van der Waals surface area contributed by atoms with E-state index >= 15 is 0 Å². The van der Waals surface area contributed by atoms with Gasteiger partial charge in [-0.1, -0.05) is 0 Å². The summed E-state index contributed by atoms with van der Waals surface area (Å²) in [5.74, 6) is 0. The minimum absolute atomic E-state index is 0.247. The lowest BCUT2D eigenvalue weighted by molar-refractivity contribution is -0.00875. The molecule has 4 nitrogen and oxygen atoms in total. The molecular weight excluding hydrogens is 135 g/mol. The third-order valence-electron chi connectivity index (χ3n) is 1.78. The van der Waals surface area contributed by atoms with E-state index in [1.807, 2.05) is 0 Å². The third kappa shape index (κ3) is 1.18. The number of ether oxygens (including phenoxy) is 1. The maximum Gasteiger partial charge on any atom is 0.142 e. The van der Waals surface area contributed by atoms with Crippen molar-refractivity contribution in [1.82, 2.24) is 0 Å². The normalized spacial score (nSPS) is 47.9. The third-order valence-corrected chi connectivity index (χ3v) is 1.78. The van der Waals surface area contributed by atoms with E-state index in [0.29, 0.717) is 0 Å². The largest absolute Gasteiger partial charge is 0.394 e. The van der Waals surface area contributed by atoms with E-state index in [9.17, 15) is 0 Å². The molecule has 0 aromatic rings. The van der Waals surface area contributed by atoms with Gasteiger partial charge < -0.3 is 20.1 Å². The van der Waals surface area contributed by atoms with Crippen molar-refractivity contribution in [3.8, 4) is 0 Å². The van der Waals surface area contributed by atoms with Gasteiger partial charge in [0.2, 0.25) is 0 Å². The molecule has 1 fully saturated rings. The van der Waals surface area contributed by atoms with E-state index in [0.717, 1.165) is 0 Å². The zero-order chi connectivity index (χ0) is 7.72. The van der Waals surface area contributed by atoms with E-state index in [-0.39, 0.29) is 12.6 Å². The monoisotopic (exact) mass is 146 g/mol. The summed E-state index contributed by atoms with van der Waals surface area (Å²) < 4.78 is 4.98. The first-order valence-corrected chi connectivity index (χ1v) is 3.29. The molecule has 1 rings (SSSR count). The van der Waals surface area contributed by atoms with Crippen molar-refractivity contribution in [2.75, 3.05) is 6.61 Å². The first-order chi connectivity index (χ1) is 4.66. The summed E-state index contributed by atoms with van der Waals surface area (Å²) >= 11 is 0. The predicted molar refractivity (Wildman–Crippen MR) is 36.3 cm³/mol. The van der Waals surface area contributed by atoms with Crippen molar-refractivity contribution in [3.63, 3.8) is 0 Å². The molecule has 10 heavy (non-hydrogen) atoms. The van der Waals surface area contributed by atoms with Gasteiger partial charge in [0.1, 0.15) is 26.2 Å². The van der Waals surface area contributed by atoms with Gasteiger partial charge in [0, 0.05) is 0 Å². The first kappa shape index (κ1) is 8.01. The molecule has 1 aliphatic heterocycles. The zero-order valence-corrected chi connectivity index (χ0v) is 5.77. The highest BCUT2D eigenvalue weighted by atomic mass is 16.5. The van der Waals surface area contributed by atoms with Gasteiger partial charge in [-0.05, 0) is 0 Å². The molecule has 1 heterocycles. The van der Waals surface area contributed by atoms with Crippen LogP contribution >= 0.6 is 0 Å². The number of rotatable bonds is 1. The van der Waals surface area contributed by atoms with Crippen molar-refractivity contribution in [1.29, 1.82) is 0 Å². The van der Waals surface area contributed by atoms with Gasteiger partial charge in [0.25, 0.3) is 0 Å². The Labute approximate surface area is 59.8 Å². The van der Waals surface area contributed by atoms with Crippen LogP contribution in [0.25, 0.3) is 0 Å². The Balaban J connectivity index is 2.53. The van der Waals surface area contributed by atoms with E-state index in [1.54, 1.807) is 7.85 Å². The molecule has 1 saturated heterocycles. The fourth-order valence-corrected chi connectivity index (χ4v) is 1.09. The van der Waals surface area contributed by atoms with E-state index in [2.05, 4.69) is 0 Å². The highest BCUT2D eigenvalue weighted by molar-refractivity contribution is 6.11. The van der Waals surface area contributed by atoms with Gasteiger partial charge in [-0.2, -0.15) is 0 Å². The lowest BCUT2D eigenvalue weighted by atomic mass is 9.93. The molecule has 0 radical (unpaired) electrons. The smallest absolute Gasteiger partial charge is 0.142 e. The van der Waals surface area contributed by atoms with Gasteiger partial charge >= 0.3 is 0 Å². The maximum atomic E-state index is 9.09. The van der Waals surface area contributed by atoms with Crippen LogP contribution < -0.4 is 0 Å². The van der Waals surface area contributed by atoms with Crippen LogP contribution in [-0.2, 0) is 4.74 Å². The molecule has 1 aliphatic rings. The van der Waals surface area contributed by atoms with Crippen molar-refractivity contribution in [2.24, 2.45) is 0 Å². The number of hydrogen-bond donors (Lipinski definition) is 3. The lowest BCUT2D eigenvalue weighted by Crippen LogP contribution is -2.33. The Morgan fingerprint density at radius 2 is 1.90 bits per heavy atom. The molecular formula is C5H11BO4. The molecule has 0 aliphatic carbocycles. The van der Waals surface area contributed by atoms with Crippen molar-refractivity contribution >= 4 is 7.85 Å². The summed E-state index contributed by atoms with van der Waals surface area (Å²) in [5.41, 5.74) is 0. The summed E-state index contributed by atoms with van der Waals surface area (Å²) in [4.78, 5) is 0. The summed E-state index contributed by atoms with van der Waals surface area (Å²) in [6, 6.07) is -0.382. The van der Waals surface area contributed by atoms with E-state index < -0.39 is 18.3 Å². The Morgan fingerprint density at radius 3 is 2.10 bits per heavy atom. The summed E-state index contributed by atoms with van der Waals surface area (Å²) in [6.45, 7) is -0.247. The zero-order valence-electron chi connectivity index (χ0n) is 5.77. The molecule has 4 atom stereocenters. The summed E-state index contributed by atoms with van der Waals surface area (Å²) in [7, 11) is 1.66.